The fourth-order valence-electron chi connectivity index (χ4n) is 1.26. The quantitative estimate of drug-likeness (QED) is 0.746. The minimum absolute atomic E-state index is 0.0878. The highest BCUT2D eigenvalue weighted by molar-refractivity contribution is 9.10. The molecule has 0 aliphatic carbocycles. The zero-order valence-corrected chi connectivity index (χ0v) is 9.28. The maximum absolute atomic E-state index is 13.7. The third kappa shape index (κ3) is 1.61. The number of rotatable bonds is 1. The van der Waals surface area contributed by atoms with Crippen LogP contribution in [0.4, 0.5) is 4.39 Å². The van der Waals surface area contributed by atoms with Gasteiger partial charge in [-0.1, -0.05) is 0 Å². The molecule has 4 nitrogen and oxygen atoms in total. The Labute approximate surface area is 92.8 Å². The first-order valence-electron chi connectivity index (χ1n) is 4.04. The Kier molecular flexibility index (Phi) is 2.44. The molecule has 0 radical (unpaired) electrons. The van der Waals surface area contributed by atoms with Gasteiger partial charge in [-0.15, -0.1) is 0 Å². The molecule has 6 heteroatoms. The number of pyridine rings is 1. The molecule has 0 bridgehead atoms. The largest absolute Gasteiger partial charge is 0.465 e. The van der Waals surface area contributed by atoms with E-state index in [0.717, 1.165) is 0 Å². The van der Waals surface area contributed by atoms with E-state index in [1.165, 1.54) is 17.6 Å². The first-order valence-corrected chi connectivity index (χ1v) is 4.84. The van der Waals surface area contributed by atoms with Crippen molar-refractivity contribution in [1.29, 1.82) is 0 Å². The molecular formula is C9H6BrFN2O2. The van der Waals surface area contributed by atoms with Crippen LogP contribution in [-0.4, -0.2) is 22.5 Å². The van der Waals surface area contributed by atoms with Gasteiger partial charge in [0, 0.05) is 12.4 Å². The number of fused-ring (bicyclic) bond motifs is 1. The summed E-state index contributed by atoms with van der Waals surface area (Å²) in [5.41, 5.74) is -0.0344. The highest BCUT2D eigenvalue weighted by atomic mass is 79.9. The van der Waals surface area contributed by atoms with Crippen LogP contribution in [0, 0.1) is 5.82 Å². The van der Waals surface area contributed by atoms with Gasteiger partial charge in [-0.05, 0) is 22.0 Å². The van der Waals surface area contributed by atoms with Gasteiger partial charge < -0.3 is 9.14 Å². The molecule has 2 aromatic rings. The van der Waals surface area contributed by atoms with Crippen LogP contribution in [-0.2, 0) is 4.74 Å². The predicted molar refractivity (Wildman–Crippen MR) is 54.2 cm³/mol. The first-order chi connectivity index (χ1) is 7.13. The number of hydrogen-bond acceptors (Lipinski definition) is 3. The van der Waals surface area contributed by atoms with E-state index in [0.29, 0.717) is 4.60 Å². The summed E-state index contributed by atoms with van der Waals surface area (Å²) in [7, 11) is 1.20. The summed E-state index contributed by atoms with van der Waals surface area (Å²) < 4.78 is 20.1. The zero-order valence-electron chi connectivity index (χ0n) is 7.70. The van der Waals surface area contributed by atoms with Crippen molar-refractivity contribution in [2.75, 3.05) is 7.11 Å². The monoisotopic (exact) mass is 272 g/mol. The molecule has 0 amide bonds. The van der Waals surface area contributed by atoms with Gasteiger partial charge in [-0.3, -0.25) is 0 Å². The van der Waals surface area contributed by atoms with Crippen molar-refractivity contribution in [1.82, 2.24) is 9.38 Å². The van der Waals surface area contributed by atoms with Gasteiger partial charge in [-0.25, -0.2) is 14.2 Å². The minimum atomic E-state index is -0.714. The van der Waals surface area contributed by atoms with Crippen LogP contribution in [0.5, 0.6) is 0 Å². The topological polar surface area (TPSA) is 43.6 Å². The third-order valence-electron chi connectivity index (χ3n) is 1.94. The molecule has 0 aliphatic rings. The molecule has 0 unspecified atom stereocenters. The van der Waals surface area contributed by atoms with Crippen LogP contribution in [0.1, 0.15) is 10.4 Å². The van der Waals surface area contributed by atoms with E-state index >= 15 is 0 Å². The molecule has 0 atom stereocenters. The number of carbonyl (C=O) groups is 1. The number of carbonyl (C=O) groups excluding carboxylic acids is 1. The van der Waals surface area contributed by atoms with E-state index in [1.54, 1.807) is 12.4 Å². The maximum atomic E-state index is 13.7. The lowest BCUT2D eigenvalue weighted by molar-refractivity contribution is 0.0595. The second kappa shape index (κ2) is 3.62. The van der Waals surface area contributed by atoms with Crippen LogP contribution >= 0.6 is 15.9 Å². The fourth-order valence-corrected chi connectivity index (χ4v) is 1.64. The second-order valence-corrected chi connectivity index (χ2v) is 3.64. The number of aromatic nitrogens is 2. The van der Waals surface area contributed by atoms with E-state index < -0.39 is 11.8 Å². The van der Waals surface area contributed by atoms with E-state index in [9.17, 15) is 9.18 Å². The van der Waals surface area contributed by atoms with Crippen molar-refractivity contribution in [3.8, 4) is 0 Å². The normalized spacial score (nSPS) is 10.6. The lowest BCUT2D eigenvalue weighted by atomic mass is 10.2. The summed E-state index contributed by atoms with van der Waals surface area (Å²) in [6.45, 7) is 0. The van der Waals surface area contributed by atoms with Gasteiger partial charge >= 0.3 is 5.97 Å². The van der Waals surface area contributed by atoms with Gasteiger partial charge in [0.05, 0.1) is 7.11 Å². The molecule has 2 rings (SSSR count). The summed E-state index contributed by atoms with van der Waals surface area (Å²) in [6.07, 6.45) is 3.14. The molecule has 0 fully saturated rings. The van der Waals surface area contributed by atoms with Crippen molar-refractivity contribution >= 4 is 27.5 Å². The van der Waals surface area contributed by atoms with Gasteiger partial charge in [0.15, 0.2) is 11.5 Å². The van der Waals surface area contributed by atoms with Crippen LogP contribution in [0.25, 0.3) is 5.65 Å². The van der Waals surface area contributed by atoms with Crippen molar-refractivity contribution < 1.29 is 13.9 Å². The number of ether oxygens (including phenoxy) is 1. The second-order valence-electron chi connectivity index (χ2n) is 2.83. The standard InChI is InChI=1S/C9H6BrFN2O2/c1-15-9(14)5-2-3-13-4-6(10)12-8(13)7(5)11/h2-4H,1H3. The number of nitrogens with zero attached hydrogens (tertiary/aromatic N) is 2. The molecule has 0 spiro atoms. The molecule has 0 saturated heterocycles. The van der Waals surface area contributed by atoms with Crippen molar-refractivity contribution in [2.45, 2.75) is 0 Å². The summed E-state index contributed by atoms with van der Waals surface area (Å²) in [5.74, 6) is -1.40. The first kappa shape index (κ1) is 10.1. The summed E-state index contributed by atoms with van der Waals surface area (Å²) in [6, 6.07) is 1.35. The Morgan fingerprint density at radius 2 is 2.40 bits per heavy atom. The highest BCUT2D eigenvalue weighted by Gasteiger charge is 2.16. The Morgan fingerprint density at radius 1 is 1.67 bits per heavy atom. The van der Waals surface area contributed by atoms with Gasteiger partial charge in [-0.2, -0.15) is 0 Å². The van der Waals surface area contributed by atoms with E-state index in [2.05, 4.69) is 25.7 Å². The Hall–Kier alpha value is -1.43. The molecule has 0 N–H and O–H groups in total. The van der Waals surface area contributed by atoms with Gasteiger partial charge in [0.2, 0.25) is 0 Å². The molecule has 78 valence electrons. The lowest BCUT2D eigenvalue weighted by Crippen LogP contribution is -2.06. The van der Waals surface area contributed by atoms with Crippen molar-refractivity contribution in [3.63, 3.8) is 0 Å². The molecule has 0 aliphatic heterocycles. The van der Waals surface area contributed by atoms with Crippen molar-refractivity contribution in [3.05, 3.63) is 34.4 Å². The summed E-state index contributed by atoms with van der Waals surface area (Å²) >= 11 is 3.12. The van der Waals surface area contributed by atoms with Gasteiger partial charge in [0.25, 0.3) is 0 Å². The van der Waals surface area contributed by atoms with Crippen LogP contribution in [0.15, 0.2) is 23.1 Å². The summed E-state index contributed by atoms with van der Waals surface area (Å²) in [5, 5.41) is 0. The number of methoxy groups -OCH3 is 1. The number of esters is 1. The molecule has 0 aromatic carbocycles. The average molecular weight is 273 g/mol. The van der Waals surface area contributed by atoms with Gasteiger partial charge in [0.1, 0.15) is 10.2 Å². The lowest BCUT2D eigenvalue weighted by Gasteiger charge is -2.01. The third-order valence-corrected chi connectivity index (χ3v) is 2.32. The molecule has 15 heavy (non-hydrogen) atoms. The molecule has 2 aromatic heterocycles. The van der Waals surface area contributed by atoms with E-state index in [1.807, 2.05) is 0 Å². The van der Waals surface area contributed by atoms with E-state index in [-0.39, 0.29) is 11.2 Å². The van der Waals surface area contributed by atoms with E-state index in [4.69, 9.17) is 0 Å². The molecular weight excluding hydrogens is 267 g/mol. The Balaban J connectivity index is 2.69. The average Bonchev–Trinajstić information content (AvgIpc) is 2.59. The van der Waals surface area contributed by atoms with Crippen LogP contribution in [0.3, 0.4) is 0 Å². The zero-order chi connectivity index (χ0) is 11.0. The number of halogens is 2. The SMILES string of the molecule is COC(=O)c1ccn2cc(Br)nc2c1F. The molecule has 2 heterocycles. The molecule has 0 saturated carbocycles. The predicted octanol–water partition coefficient (Wildman–Crippen LogP) is 2.02. The number of hydrogen-bond donors (Lipinski definition) is 0. The van der Waals surface area contributed by atoms with Crippen molar-refractivity contribution in [2.24, 2.45) is 0 Å². The summed E-state index contributed by atoms with van der Waals surface area (Å²) in [4.78, 5) is 15.1. The van der Waals surface area contributed by atoms with Crippen LogP contribution in [0.2, 0.25) is 0 Å². The van der Waals surface area contributed by atoms with Crippen LogP contribution < -0.4 is 0 Å². The Morgan fingerprint density at radius 3 is 3.07 bits per heavy atom. The fraction of sp³-hybridized carbons (Fsp3) is 0.111. The maximum Gasteiger partial charge on any atom is 0.341 e. The minimum Gasteiger partial charge on any atom is -0.465 e. The Bertz CT molecular complexity index is 538. The smallest absolute Gasteiger partial charge is 0.341 e. The highest BCUT2D eigenvalue weighted by Crippen LogP contribution is 2.17. The number of imidazole rings is 1.